The van der Waals surface area contributed by atoms with E-state index < -0.39 is 69.0 Å². The first-order valence-corrected chi connectivity index (χ1v) is 12.6. The van der Waals surface area contributed by atoms with Crippen molar-refractivity contribution in [1.29, 1.82) is 0 Å². The first kappa shape index (κ1) is 30.3. The Hall–Kier alpha value is -3.64. The molecule has 1 N–H and O–H groups in total. The average Bonchev–Trinajstić information content (AvgIpc) is 2.97. The molecule has 222 valence electrons. The zero-order valence-electron chi connectivity index (χ0n) is 22.8. The van der Waals surface area contributed by atoms with E-state index in [2.05, 4.69) is 9.47 Å². The highest BCUT2D eigenvalue weighted by Gasteiger charge is 2.48. The predicted octanol–water partition coefficient (Wildman–Crippen LogP) is 5.70. The highest BCUT2D eigenvalue weighted by Crippen LogP contribution is 2.47. The number of nitrogens with zero attached hydrogens (tertiary/aromatic N) is 1. The van der Waals surface area contributed by atoms with Crippen LogP contribution in [0.15, 0.2) is 30.3 Å². The van der Waals surface area contributed by atoms with Gasteiger partial charge in [-0.25, -0.2) is 17.6 Å². The fourth-order valence-electron chi connectivity index (χ4n) is 5.49. The molecule has 4 rings (SSSR count). The lowest BCUT2D eigenvalue weighted by atomic mass is 9.71. The molecular formula is C29H29F6NO5. The van der Waals surface area contributed by atoms with Crippen molar-refractivity contribution in [2.24, 2.45) is 5.92 Å². The molecule has 1 aliphatic heterocycles. The number of piperidine rings is 1. The van der Waals surface area contributed by atoms with Crippen molar-refractivity contribution in [3.63, 3.8) is 0 Å². The highest BCUT2D eigenvalue weighted by atomic mass is 19.2. The van der Waals surface area contributed by atoms with E-state index in [4.69, 9.17) is 9.47 Å². The van der Waals surface area contributed by atoms with Gasteiger partial charge in [-0.3, -0.25) is 4.90 Å². The van der Waals surface area contributed by atoms with Gasteiger partial charge in [0.05, 0.1) is 34.0 Å². The first-order valence-electron chi connectivity index (χ1n) is 12.6. The van der Waals surface area contributed by atoms with E-state index in [0.717, 1.165) is 19.8 Å². The van der Waals surface area contributed by atoms with Crippen LogP contribution in [0.2, 0.25) is 0 Å². The second kappa shape index (κ2) is 12.1. The lowest BCUT2D eigenvalue weighted by molar-refractivity contribution is -0.0219. The van der Waals surface area contributed by atoms with Crippen LogP contribution in [-0.4, -0.2) is 51.5 Å². The molecule has 0 saturated carbocycles. The van der Waals surface area contributed by atoms with Crippen molar-refractivity contribution in [3.05, 3.63) is 81.9 Å². The Bertz CT molecular complexity index is 1340. The number of methoxy groups -OCH3 is 4. The Kier molecular flexibility index (Phi) is 8.93. The SMILES string of the molecule is COc1cccc(OC)c1CN1CCC(C(O)(c2cc(F)c(OC)c(F)c2F)c2cc(F)c(OC)c(F)c2F)CC1. The topological polar surface area (TPSA) is 60.4 Å². The van der Waals surface area contributed by atoms with Crippen LogP contribution in [0.1, 0.15) is 29.5 Å². The minimum atomic E-state index is -2.88. The maximum absolute atomic E-state index is 15.4. The van der Waals surface area contributed by atoms with Crippen LogP contribution in [0.25, 0.3) is 0 Å². The Morgan fingerprint density at radius 2 is 1.17 bits per heavy atom. The summed E-state index contributed by atoms with van der Waals surface area (Å²) in [6.45, 7) is 0.817. The van der Waals surface area contributed by atoms with Crippen molar-refractivity contribution in [1.82, 2.24) is 4.90 Å². The number of hydrogen-bond donors (Lipinski definition) is 1. The largest absolute Gasteiger partial charge is 0.496 e. The molecule has 0 spiro atoms. The van der Waals surface area contributed by atoms with Crippen molar-refractivity contribution < 1.29 is 50.4 Å². The van der Waals surface area contributed by atoms with Crippen LogP contribution in [0.3, 0.4) is 0 Å². The van der Waals surface area contributed by atoms with Crippen LogP contribution in [-0.2, 0) is 12.1 Å². The van der Waals surface area contributed by atoms with Gasteiger partial charge in [0, 0.05) is 17.7 Å². The summed E-state index contributed by atoms with van der Waals surface area (Å²) < 4.78 is 110. The zero-order valence-corrected chi connectivity index (χ0v) is 22.8. The summed E-state index contributed by atoms with van der Waals surface area (Å²) in [6.07, 6.45) is 0.0504. The van der Waals surface area contributed by atoms with E-state index >= 15 is 8.78 Å². The Morgan fingerprint density at radius 1 is 0.732 bits per heavy atom. The van der Waals surface area contributed by atoms with E-state index in [-0.39, 0.29) is 25.9 Å². The lowest BCUT2D eigenvalue weighted by Crippen LogP contribution is -2.45. The van der Waals surface area contributed by atoms with Crippen molar-refractivity contribution in [3.8, 4) is 23.0 Å². The number of benzene rings is 3. The third kappa shape index (κ3) is 5.26. The number of ether oxygens (including phenoxy) is 4. The van der Waals surface area contributed by atoms with Gasteiger partial charge in [-0.05, 0) is 56.1 Å². The van der Waals surface area contributed by atoms with Gasteiger partial charge in [-0.15, -0.1) is 0 Å². The standard InChI is InChI=1S/C29H29F6NO5/c1-38-21-6-5-7-22(39-2)16(21)14-36-10-8-15(9-11-36)29(37,17-12-19(30)27(40-3)25(34)23(17)32)18-13-20(31)28(41-4)26(35)24(18)33/h5-7,12-13,15,37H,8-11,14H2,1-4H3. The molecule has 1 saturated heterocycles. The van der Waals surface area contributed by atoms with Crippen LogP contribution < -0.4 is 18.9 Å². The second-order valence-electron chi connectivity index (χ2n) is 9.59. The Labute approximate surface area is 233 Å². The van der Waals surface area contributed by atoms with Gasteiger partial charge in [0.25, 0.3) is 0 Å². The summed E-state index contributed by atoms with van der Waals surface area (Å²) in [5.41, 5.74) is -4.20. The highest BCUT2D eigenvalue weighted by molar-refractivity contribution is 5.46. The summed E-state index contributed by atoms with van der Waals surface area (Å²) >= 11 is 0. The van der Waals surface area contributed by atoms with Crippen LogP contribution in [0, 0.1) is 40.8 Å². The summed E-state index contributed by atoms with van der Waals surface area (Å²) in [6, 6.07) is 6.17. The zero-order chi connectivity index (χ0) is 30.1. The molecule has 0 aliphatic carbocycles. The normalized spacial score (nSPS) is 14.7. The van der Waals surface area contributed by atoms with Gasteiger partial charge in [-0.2, -0.15) is 8.78 Å². The van der Waals surface area contributed by atoms with Gasteiger partial charge >= 0.3 is 0 Å². The van der Waals surface area contributed by atoms with Gasteiger partial charge in [-0.1, -0.05) is 6.07 Å². The van der Waals surface area contributed by atoms with E-state index in [0.29, 0.717) is 30.2 Å². The number of likely N-dealkylation sites (tertiary alicyclic amines) is 1. The Morgan fingerprint density at radius 3 is 1.56 bits per heavy atom. The summed E-state index contributed by atoms with van der Waals surface area (Å²) in [4.78, 5) is 1.95. The summed E-state index contributed by atoms with van der Waals surface area (Å²) in [7, 11) is 4.84. The fourth-order valence-corrected chi connectivity index (χ4v) is 5.49. The van der Waals surface area contributed by atoms with Crippen molar-refractivity contribution >= 4 is 0 Å². The minimum absolute atomic E-state index is 0.0252. The number of hydrogen-bond acceptors (Lipinski definition) is 6. The lowest BCUT2D eigenvalue weighted by Gasteiger charge is -2.42. The number of aliphatic hydroxyl groups is 1. The molecule has 1 heterocycles. The maximum Gasteiger partial charge on any atom is 0.204 e. The number of rotatable bonds is 9. The molecular weight excluding hydrogens is 556 g/mol. The third-order valence-corrected chi connectivity index (χ3v) is 7.55. The molecule has 0 aromatic heterocycles. The molecule has 41 heavy (non-hydrogen) atoms. The molecule has 0 amide bonds. The molecule has 12 heteroatoms. The van der Waals surface area contributed by atoms with Crippen LogP contribution in [0.5, 0.6) is 23.0 Å². The maximum atomic E-state index is 15.4. The Balaban J connectivity index is 1.78. The minimum Gasteiger partial charge on any atom is -0.496 e. The second-order valence-corrected chi connectivity index (χ2v) is 9.59. The number of halogens is 6. The summed E-state index contributed by atoms with van der Waals surface area (Å²) in [5.74, 6) is -12.0. The molecule has 6 nitrogen and oxygen atoms in total. The molecule has 3 aromatic rings. The van der Waals surface area contributed by atoms with Crippen LogP contribution >= 0.6 is 0 Å². The first-order chi connectivity index (χ1) is 19.5. The van der Waals surface area contributed by atoms with Gasteiger partial charge in [0.1, 0.15) is 17.1 Å². The molecule has 1 fully saturated rings. The average molecular weight is 586 g/mol. The molecule has 1 aliphatic rings. The van der Waals surface area contributed by atoms with Gasteiger partial charge in [0.15, 0.2) is 34.8 Å². The van der Waals surface area contributed by atoms with E-state index in [9.17, 15) is 22.7 Å². The molecule has 3 aromatic carbocycles. The van der Waals surface area contributed by atoms with E-state index in [1.54, 1.807) is 18.2 Å². The third-order valence-electron chi connectivity index (χ3n) is 7.55. The molecule has 0 unspecified atom stereocenters. The van der Waals surface area contributed by atoms with E-state index in [1.807, 2.05) is 4.90 Å². The van der Waals surface area contributed by atoms with E-state index in [1.165, 1.54) is 14.2 Å². The van der Waals surface area contributed by atoms with Crippen molar-refractivity contribution in [2.45, 2.75) is 25.0 Å². The molecule has 0 bridgehead atoms. The smallest absolute Gasteiger partial charge is 0.204 e. The van der Waals surface area contributed by atoms with Crippen molar-refractivity contribution in [2.75, 3.05) is 41.5 Å². The molecule has 0 atom stereocenters. The quantitative estimate of drug-likeness (QED) is 0.257. The van der Waals surface area contributed by atoms with Crippen LogP contribution in [0.4, 0.5) is 26.3 Å². The van der Waals surface area contributed by atoms with Gasteiger partial charge in [0.2, 0.25) is 11.6 Å². The monoisotopic (exact) mass is 585 g/mol. The predicted molar refractivity (Wildman–Crippen MR) is 136 cm³/mol. The molecule has 0 radical (unpaired) electrons. The van der Waals surface area contributed by atoms with Gasteiger partial charge < -0.3 is 24.1 Å². The summed E-state index contributed by atoms with van der Waals surface area (Å²) in [5, 5.41) is 12.0. The fraction of sp³-hybridized carbons (Fsp3) is 0.379.